The summed E-state index contributed by atoms with van der Waals surface area (Å²) in [6.45, 7) is 3.70. The number of aromatic hydroxyl groups is 1. The molecule has 0 fully saturated rings. The van der Waals surface area contributed by atoms with Crippen LogP contribution < -0.4 is 15.1 Å². The summed E-state index contributed by atoms with van der Waals surface area (Å²) in [6, 6.07) is 5.04. The summed E-state index contributed by atoms with van der Waals surface area (Å²) in [5.41, 5.74) is 1.27. The lowest BCUT2D eigenvalue weighted by Gasteiger charge is -2.11. The molecule has 0 radical (unpaired) electrons. The normalized spacial score (nSPS) is 13.2. The predicted molar refractivity (Wildman–Crippen MR) is 77.3 cm³/mol. The van der Waals surface area contributed by atoms with Crippen LogP contribution in [-0.4, -0.2) is 11.9 Å². The van der Waals surface area contributed by atoms with E-state index in [0.717, 1.165) is 10.9 Å². The molecule has 21 heavy (non-hydrogen) atoms. The van der Waals surface area contributed by atoms with Crippen LogP contribution in [0, 0.1) is 13.8 Å². The van der Waals surface area contributed by atoms with E-state index in [4.69, 9.17) is 13.9 Å². The molecule has 2 aromatic carbocycles. The van der Waals surface area contributed by atoms with Gasteiger partial charge >= 0.3 is 5.63 Å². The topological polar surface area (TPSA) is 68.9 Å². The van der Waals surface area contributed by atoms with Gasteiger partial charge in [-0.05, 0) is 37.6 Å². The van der Waals surface area contributed by atoms with Gasteiger partial charge in [0.15, 0.2) is 11.5 Å². The molecule has 0 saturated heterocycles. The number of rotatable bonds is 0. The van der Waals surface area contributed by atoms with E-state index in [0.29, 0.717) is 33.4 Å². The molecular weight excluding hydrogens is 272 g/mol. The van der Waals surface area contributed by atoms with Gasteiger partial charge in [-0.25, -0.2) is 4.79 Å². The first kappa shape index (κ1) is 12.1. The van der Waals surface area contributed by atoms with Crippen molar-refractivity contribution in [2.45, 2.75) is 13.8 Å². The summed E-state index contributed by atoms with van der Waals surface area (Å²) in [5.74, 6) is 1.27. The lowest BCUT2D eigenvalue weighted by atomic mass is 9.99. The second kappa shape index (κ2) is 3.91. The third kappa shape index (κ3) is 1.48. The van der Waals surface area contributed by atoms with E-state index in [1.165, 1.54) is 0 Å². The standard InChI is InChI=1S/C16H12O5/c1-7-5-10(17)8(2)14-12(7)13-9(16(18)21-14)3-4-11-15(13)20-6-19-11/h3-5,17H,6H2,1-2H3. The maximum atomic E-state index is 12.2. The molecule has 0 amide bonds. The number of aryl methyl sites for hydroxylation is 2. The number of ether oxygens (including phenoxy) is 2. The molecule has 106 valence electrons. The summed E-state index contributed by atoms with van der Waals surface area (Å²) in [7, 11) is 0. The lowest BCUT2D eigenvalue weighted by Crippen LogP contribution is -2.02. The molecule has 2 heterocycles. The van der Waals surface area contributed by atoms with E-state index < -0.39 is 5.63 Å². The van der Waals surface area contributed by atoms with Crippen molar-refractivity contribution in [2.75, 3.05) is 6.79 Å². The SMILES string of the molecule is Cc1c(O)cc(C)c2c1oc(=O)c1ccc3c(c12)OCO3. The second-order valence-corrected chi connectivity index (χ2v) is 5.15. The highest BCUT2D eigenvalue weighted by Gasteiger charge is 2.23. The van der Waals surface area contributed by atoms with Gasteiger partial charge in [0.2, 0.25) is 6.79 Å². The van der Waals surface area contributed by atoms with Crippen LogP contribution in [0.25, 0.3) is 21.7 Å². The van der Waals surface area contributed by atoms with Crippen LogP contribution in [0.4, 0.5) is 0 Å². The molecule has 0 spiro atoms. The number of phenols is 1. The van der Waals surface area contributed by atoms with Crippen molar-refractivity contribution in [1.82, 2.24) is 0 Å². The van der Waals surface area contributed by atoms with E-state index in [-0.39, 0.29) is 12.5 Å². The number of phenolic OH excluding ortho intramolecular Hbond substituents is 1. The van der Waals surface area contributed by atoms with Crippen molar-refractivity contribution in [3.63, 3.8) is 0 Å². The first-order valence-corrected chi connectivity index (χ1v) is 6.56. The minimum absolute atomic E-state index is 0.104. The van der Waals surface area contributed by atoms with Crippen molar-refractivity contribution in [1.29, 1.82) is 0 Å². The van der Waals surface area contributed by atoms with Crippen molar-refractivity contribution in [2.24, 2.45) is 0 Å². The number of hydrogen-bond acceptors (Lipinski definition) is 5. The quantitative estimate of drug-likeness (QED) is 0.507. The maximum Gasteiger partial charge on any atom is 0.344 e. The molecule has 4 rings (SSSR count). The van der Waals surface area contributed by atoms with E-state index in [1.54, 1.807) is 25.1 Å². The third-order valence-corrected chi connectivity index (χ3v) is 3.90. The molecule has 0 aliphatic carbocycles. The zero-order chi connectivity index (χ0) is 14.7. The average molecular weight is 284 g/mol. The molecule has 0 atom stereocenters. The highest BCUT2D eigenvalue weighted by molar-refractivity contribution is 6.11. The Hall–Kier alpha value is -2.69. The fourth-order valence-electron chi connectivity index (χ4n) is 2.85. The molecule has 1 aliphatic heterocycles. The Morgan fingerprint density at radius 3 is 2.76 bits per heavy atom. The molecule has 1 aliphatic rings. The van der Waals surface area contributed by atoms with E-state index in [9.17, 15) is 9.90 Å². The van der Waals surface area contributed by atoms with Gasteiger partial charge in [0.05, 0.1) is 5.39 Å². The molecule has 0 saturated carbocycles. The van der Waals surface area contributed by atoms with Gasteiger partial charge in [-0.3, -0.25) is 0 Å². The van der Waals surface area contributed by atoms with Crippen LogP contribution in [0.2, 0.25) is 0 Å². The van der Waals surface area contributed by atoms with E-state index in [2.05, 4.69) is 0 Å². The smallest absolute Gasteiger partial charge is 0.344 e. The highest BCUT2D eigenvalue weighted by Crippen LogP contribution is 2.43. The van der Waals surface area contributed by atoms with Crippen LogP contribution in [0.5, 0.6) is 17.2 Å². The Bertz CT molecular complexity index is 968. The van der Waals surface area contributed by atoms with Crippen LogP contribution in [-0.2, 0) is 0 Å². The molecule has 5 nitrogen and oxygen atoms in total. The first-order valence-electron chi connectivity index (χ1n) is 6.56. The number of fused-ring (bicyclic) bond motifs is 5. The minimum Gasteiger partial charge on any atom is -0.508 e. The van der Waals surface area contributed by atoms with Crippen molar-refractivity contribution in [3.05, 3.63) is 39.7 Å². The lowest BCUT2D eigenvalue weighted by molar-refractivity contribution is 0.175. The molecule has 1 aromatic heterocycles. The average Bonchev–Trinajstić information content (AvgIpc) is 2.93. The summed E-state index contributed by atoms with van der Waals surface area (Å²) < 4.78 is 16.3. The van der Waals surface area contributed by atoms with Gasteiger partial charge in [0, 0.05) is 16.3 Å². The largest absolute Gasteiger partial charge is 0.508 e. The monoisotopic (exact) mass is 284 g/mol. The Morgan fingerprint density at radius 2 is 1.95 bits per heavy atom. The van der Waals surface area contributed by atoms with Gasteiger partial charge in [0.1, 0.15) is 11.3 Å². The molecule has 1 N–H and O–H groups in total. The van der Waals surface area contributed by atoms with Crippen LogP contribution in [0.15, 0.2) is 27.4 Å². The number of hydrogen-bond donors (Lipinski definition) is 1. The summed E-state index contributed by atoms with van der Waals surface area (Å²) in [4.78, 5) is 12.2. The predicted octanol–water partition coefficient (Wildman–Crippen LogP) is 3.00. The van der Waals surface area contributed by atoms with Crippen LogP contribution >= 0.6 is 0 Å². The maximum absolute atomic E-state index is 12.2. The molecule has 3 aromatic rings. The van der Waals surface area contributed by atoms with E-state index in [1.807, 2.05) is 6.92 Å². The van der Waals surface area contributed by atoms with Crippen LogP contribution in [0.1, 0.15) is 11.1 Å². The van der Waals surface area contributed by atoms with Crippen molar-refractivity contribution in [3.8, 4) is 17.2 Å². The van der Waals surface area contributed by atoms with Gasteiger partial charge in [-0.15, -0.1) is 0 Å². The molecular formula is C16H12O5. The summed E-state index contributed by atoms with van der Waals surface area (Å²) >= 11 is 0. The van der Waals surface area contributed by atoms with Gasteiger partial charge in [-0.1, -0.05) is 0 Å². The Morgan fingerprint density at radius 1 is 1.14 bits per heavy atom. The van der Waals surface area contributed by atoms with Gasteiger partial charge < -0.3 is 19.0 Å². The Kier molecular flexibility index (Phi) is 2.25. The zero-order valence-electron chi connectivity index (χ0n) is 11.5. The number of benzene rings is 2. The Balaban J connectivity index is 2.37. The Labute approximate surface area is 119 Å². The van der Waals surface area contributed by atoms with E-state index >= 15 is 0 Å². The summed E-state index contributed by atoms with van der Waals surface area (Å²) in [5, 5.41) is 11.8. The highest BCUT2D eigenvalue weighted by atomic mass is 16.7. The molecule has 5 heteroatoms. The van der Waals surface area contributed by atoms with Gasteiger partial charge in [0.25, 0.3) is 0 Å². The fraction of sp³-hybridized carbons (Fsp3) is 0.188. The zero-order valence-corrected chi connectivity index (χ0v) is 11.5. The van der Waals surface area contributed by atoms with Crippen LogP contribution in [0.3, 0.4) is 0 Å². The van der Waals surface area contributed by atoms with Gasteiger partial charge in [-0.2, -0.15) is 0 Å². The first-order chi connectivity index (χ1) is 10.1. The minimum atomic E-state index is -0.455. The molecule has 0 bridgehead atoms. The van der Waals surface area contributed by atoms with Crippen molar-refractivity contribution < 1.29 is 19.0 Å². The summed E-state index contributed by atoms with van der Waals surface area (Å²) in [6.07, 6.45) is 0. The third-order valence-electron chi connectivity index (χ3n) is 3.90. The molecule has 0 unspecified atom stereocenters. The second-order valence-electron chi connectivity index (χ2n) is 5.15. The van der Waals surface area contributed by atoms with Crippen molar-refractivity contribution >= 4 is 21.7 Å². The fourth-order valence-corrected chi connectivity index (χ4v) is 2.85.